The standard InChI is InChI=1S/C11H20N2O6/c1-7(2)13(4-5-14)11(18)12-8(10(16)17)6-9(15)19-3/h7-8,14H,4-6H2,1-3H3,(H,12,18)(H,16,17)/t8-/m0/s1. The average Bonchev–Trinajstić information content (AvgIpc) is 2.33. The quantitative estimate of drug-likeness (QED) is 0.535. The second-order valence-corrected chi connectivity index (χ2v) is 4.13. The van der Waals surface area contributed by atoms with Gasteiger partial charge in [-0.15, -0.1) is 0 Å². The van der Waals surface area contributed by atoms with E-state index in [2.05, 4.69) is 10.1 Å². The number of carboxylic acid groups (broad SMARTS) is 1. The minimum absolute atomic E-state index is 0.0774. The van der Waals surface area contributed by atoms with Gasteiger partial charge in [-0.1, -0.05) is 0 Å². The van der Waals surface area contributed by atoms with Gasteiger partial charge in [0.2, 0.25) is 0 Å². The molecule has 0 spiro atoms. The third-order valence-electron chi connectivity index (χ3n) is 2.42. The van der Waals surface area contributed by atoms with E-state index in [9.17, 15) is 14.4 Å². The number of hydrogen-bond donors (Lipinski definition) is 3. The Balaban J connectivity index is 4.69. The number of amides is 2. The normalized spacial score (nSPS) is 11.8. The topological polar surface area (TPSA) is 116 Å². The molecule has 0 heterocycles. The van der Waals surface area contributed by atoms with Crippen molar-refractivity contribution in [2.24, 2.45) is 0 Å². The van der Waals surface area contributed by atoms with Gasteiger partial charge >= 0.3 is 18.0 Å². The second kappa shape index (κ2) is 8.30. The third-order valence-corrected chi connectivity index (χ3v) is 2.42. The minimum Gasteiger partial charge on any atom is -0.480 e. The van der Waals surface area contributed by atoms with Crippen molar-refractivity contribution in [3.05, 3.63) is 0 Å². The lowest BCUT2D eigenvalue weighted by atomic mass is 10.2. The maximum absolute atomic E-state index is 11.8. The highest BCUT2D eigenvalue weighted by molar-refractivity contribution is 5.86. The van der Waals surface area contributed by atoms with E-state index in [0.717, 1.165) is 7.11 Å². The summed E-state index contributed by atoms with van der Waals surface area (Å²) >= 11 is 0. The average molecular weight is 276 g/mol. The van der Waals surface area contributed by atoms with Crippen LogP contribution in [0.5, 0.6) is 0 Å². The van der Waals surface area contributed by atoms with E-state index in [1.807, 2.05) is 0 Å². The van der Waals surface area contributed by atoms with Gasteiger partial charge in [0, 0.05) is 12.6 Å². The van der Waals surface area contributed by atoms with Crippen molar-refractivity contribution < 1.29 is 29.3 Å². The van der Waals surface area contributed by atoms with Crippen LogP contribution < -0.4 is 5.32 Å². The maximum atomic E-state index is 11.8. The van der Waals surface area contributed by atoms with Gasteiger partial charge < -0.3 is 25.2 Å². The number of aliphatic hydroxyl groups excluding tert-OH is 1. The van der Waals surface area contributed by atoms with Crippen LogP contribution in [0.1, 0.15) is 20.3 Å². The van der Waals surface area contributed by atoms with Gasteiger partial charge in [-0.25, -0.2) is 9.59 Å². The van der Waals surface area contributed by atoms with Crippen molar-refractivity contribution in [2.75, 3.05) is 20.3 Å². The Morgan fingerprint density at radius 3 is 2.26 bits per heavy atom. The highest BCUT2D eigenvalue weighted by Gasteiger charge is 2.26. The molecule has 0 aliphatic heterocycles. The highest BCUT2D eigenvalue weighted by Crippen LogP contribution is 2.01. The van der Waals surface area contributed by atoms with Crippen LogP contribution in [0, 0.1) is 0 Å². The monoisotopic (exact) mass is 276 g/mol. The summed E-state index contributed by atoms with van der Waals surface area (Å²) < 4.78 is 4.36. The van der Waals surface area contributed by atoms with E-state index in [-0.39, 0.29) is 19.2 Å². The van der Waals surface area contributed by atoms with Crippen LogP contribution in [0.2, 0.25) is 0 Å². The molecule has 0 aromatic carbocycles. The lowest BCUT2D eigenvalue weighted by molar-refractivity contribution is -0.147. The van der Waals surface area contributed by atoms with Crippen LogP contribution in [-0.2, 0) is 14.3 Å². The van der Waals surface area contributed by atoms with Crippen molar-refractivity contribution in [2.45, 2.75) is 32.4 Å². The van der Waals surface area contributed by atoms with Crippen LogP contribution in [0.4, 0.5) is 4.79 Å². The van der Waals surface area contributed by atoms with Crippen LogP contribution in [-0.4, -0.2) is 65.4 Å². The molecule has 0 aliphatic carbocycles. The molecule has 1 atom stereocenters. The molecule has 3 N–H and O–H groups in total. The fourth-order valence-corrected chi connectivity index (χ4v) is 1.38. The Kier molecular flexibility index (Phi) is 7.50. The summed E-state index contributed by atoms with van der Waals surface area (Å²) in [5.74, 6) is -2.06. The number of ether oxygens (including phenoxy) is 1. The van der Waals surface area contributed by atoms with Crippen molar-refractivity contribution >= 4 is 18.0 Å². The molecule has 0 aromatic heterocycles. The zero-order chi connectivity index (χ0) is 15.0. The van der Waals surface area contributed by atoms with Gasteiger partial charge in [0.1, 0.15) is 6.04 Å². The van der Waals surface area contributed by atoms with Gasteiger partial charge in [0.25, 0.3) is 0 Å². The Hall–Kier alpha value is -1.83. The summed E-state index contributed by atoms with van der Waals surface area (Å²) in [6, 6.07) is -2.22. The summed E-state index contributed by atoms with van der Waals surface area (Å²) in [5.41, 5.74) is 0. The first-order valence-electron chi connectivity index (χ1n) is 5.81. The molecule has 2 amide bonds. The smallest absolute Gasteiger partial charge is 0.326 e. The van der Waals surface area contributed by atoms with Gasteiger partial charge in [0.05, 0.1) is 20.1 Å². The molecule has 0 rings (SSSR count). The fourth-order valence-electron chi connectivity index (χ4n) is 1.38. The number of methoxy groups -OCH3 is 1. The molecular weight excluding hydrogens is 256 g/mol. The number of hydrogen-bond acceptors (Lipinski definition) is 5. The Bertz CT molecular complexity index is 331. The molecule has 8 heteroatoms. The van der Waals surface area contributed by atoms with Crippen molar-refractivity contribution in [3.63, 3.8) is 0 Å². The summed E-state index contributed by atoms with van der Waals surface area (Å²) in [5, 5.41) is 20.0. The summed E-state index contributed by atoms with van der Waals surface area (Å²) in [6.07, 6.45) is -0.456. The number of carbonyl (C=O) groups excluding carboxylic acids is 2. The van der Waals surface area contributed by atoms with Crippen LogP contribution in [0.15, 0.2) is 0 Å². The zero-order valence-electron chi connectivity index (χ0n) is 11.3. The molecule has 0 saturated carbocycles. The second-order valence-electron chi connectivity index (χ2n) is 4.13. The number of rotatable bonds is 7. The lowest BCUT2D eigenvalue weighted by Gasteiger charge is -2.27. The molecule has 110 valence electrons. The molecule has 0 unspecified atom stereocenters. The largest absolute Gasteiger partial charge is 0.480 e. The number of nitrogens with one attached hydrogen (secondary N) is 1. The zero-order valence-corrected chi connectivity index (χ0v) is 11.3. The Labute approximate surface area is 111 Å². The fraction of sp³-hybridized carbons (Fsp3) is 0.727. The summed E-state index contributed by atoms with van der Waals surface area (Å²) in [7, 11) is 1.13. The third kappa shape index (κ3) is 6.05. The predicted octanol–water partition coefficient (Wildman–Crippen LogP) is -0.585. The van der Waals surface area contributed by atoms with Crippen molar-refractivity contribution in [3.8, 4) is 0 Å². The molecule has 19 heavy (non-hydrogen) atoms. The maximum Gasteiger partial charge on any atom is 0.326 e. The van der Waals surface area contributed by atoms with Crippen LogP contribution >= 0.6 is 0 Å². The SMILES string of the molecule is COC(=O)C[C@H](NC(=O)N(CCO)C(C)C)C(=O)O. The van der Waals surface area contributed by atoms with Gasteiger partial charge in [-0.2, -0.15) is 0 Å². The van der Waals surface area contributed by atoms with Crippen molar-refractivity contribution in [1.29, 1.82) is 0 Å². The summed E-state index contributed by atoms with van der Waals surface area (Å²) in [4.78, 5) is 35.1. The van der Waals surface area contributed by atoms with E-state index in [0.29, 0.717) is 0 Å². The highest BCUT2D eigenvalue weighted by atomic mass is 16.5. The van der Waals surface area contributed by atoms with E-state index >= 15 is 0 Å². The van der Waals surface area contributed by atoms with E-state index < -0.39 is 30.4 Å². The first-order valence-corrected chi connectivity index (χ1v) is 5.81. The number of carbonyl (C=O) groups is 3. The molecule has 0 aromatic rings. The minimum atomic E-state index is -1.36. The van der Waals surface area contributed by atoms with E-state index in [4.69, 9.17) is 10.2 Å². The van der Waals surface area contributed by atoms with Gasteiger partial charge in [0.15, 0.2) is 0 Å². The number of esters is 1. The first kappa shape index (κ1) is 17.2. The molecule has 0 fully saturated rings. The lowest BCUT2D eigenvalue weighted by Crippen LogP contribution is -2.51. The molecule has 0 aliphatic rings. The molecule has 0 radical (unpaired) electrons. The first-order chi connectivity index (χ1) is 8.83. The number of aliphatic carboxylic acids is 1. The Morgan fingerprint density at radius 2 is 1.89 bits per heavy atom. The van der Waals surface area contributed by atoms with Crippen LogP contribution in [0.3, 0.4) is 0 Å². The molecular formula is C11H20N2O6. The van der Waals surface area contributed by atoms with E-state index in [1.165, 1.54) is 4.90 Å². The number of aliphatic hydroxyl groups is 1. The van der Waals surface area contributed by atoms with Crippen LogP contribution in [0.25, 0.3) is 0 Å². The summed E-state index contributed by atoms with van der Waals surface area (Å²) in [6.45, 7) is 3.30. The van der Waals surface area contributed by atoms with Crippen molar-refractivity contribution in [1.82, 2.24) is 10.2 Å². The number of carboxylic acids is 1. The number of nitrogens with zero attached hydrogens (tertiary/aromatic N) is 1. The van der Waals surface area contributed by atoms with Gasteiger partial charge in [-0.3, -0.25) is 4.79 Å². The van der Waals surface area contributed by atoms with E-state index in [1.54, 1.807) is 13.8 Å². The number of urea groups is 1. The van der Waals surface area contributed by atoms with Gasteiger partial charge in [-0.05, 0) is 13.8 Å². The molecule has 8 nitrogen and oxygen atoms in total. The Morgan fingerprint density at radius 1 is 1.32 bits per heavy atom. The molecule has 0 saturated heterocycles. The predicted molar refractivity (Wildman–Crippen MR) is 65.5 cm³/mol. The molecule has 0 bridgehead atoms.